The Hall–Kier alpha value is -0.910. The molecule has 1 heterocycles. The van der Waals surface area contributed by atoms with Crippen LogP contribution in [0.1, 0.15) is 26.7 Å². The Labute approximate surface area is 109 Å². The van der Waals surface area contributed by atoms with Crippen LogP contribution in [0.4, 0.5) is 19.0 Å². The van der Waals surface area contributed by atoms with Crippen molar-refractivity contribution < 1.29 is 13.2 Å². The second kappa shape index (κ2) is 6.31. The highest BCUT2D eigenvalue weighted by Crippen LogP contribution is 2.30. The number of rotatable bonds is 6. The predicted octanol–water partition coefficient (Wildman–Crippen LogP) is 3.83. The zero-order valence-corrected chi connectivity index (χ0v) is 11.5. The van der Waals surface area contributed by atoms with Gasteiger partial charge in [0, 0.05) is 17.4 Å². The fourth-order valence-corrected chi connectivity index (χ4v) is 2.47. The maximum atomic E-state index is 13.4. The van der Waals surface area contributed by atoms with Crippen molar-refractivity contribution in [2.24, 2.45) is 0 Å². The van der Waals surface area contributed by atoms with E-state index in [1.807, 2.05) is 20.1 Å². The van der Waals surface area contributed by atoms with E-state index in [-0.39, 0.29) is 10.6 Å². The van der Waals surface area contributed by atoms with Crippen molar-refractivity contribution in [3.8, 4) is 0 Å². The molecule has 0 saturated carbocycles. The Morgan fingerprint density at radius 3 is 2.33 bits per heavy atom. The van der Waals surface area contributed by atoms with E-state index in [0.717, 1.165) is 12.8 Å². The highest BCUT2D eigenvalue weighted by Gasteiger charge is 2.25. The van der Waals surface area contributed by atoms with E-state index >= 15 is 0 Å². The van der Waals surface area contributed by atoms with Crippen molar-refractivity contribution in [3.63, 3.8) is 0 Å². The lowest BCUT2D eigenvalue weighted by Crippen LogP contribution is -2.32. The van der Waals surface area contributed by atoms with E-state index in [1.165, 1.54) is 0 Å². The molecule has 1 aromatic heterocycles. The molecule has 0 aliphatic carbocycles. The Kier molecular flexibility index (Phi) is 5.31. The third-order valence-corrected chi connectivity index (χ3v) is 4.77. The molecule has 0 aliphatic rings. The van der Waals surface area contributed by atoms with Crippen LogP contribution in [0.2, 0.25) is 0 Å². The van der Waals surface area contributed by atoms with Crippen LogP contribution in [0.5, 0.6) is 0 Å². The molecule has 0 aliphatic heterocycles. The highest BCUT2D eigenvalue weighted by molar-refractivity contribution is 8.00. The minimum atomic E-state index is -1.29. The summed E-state index contributed by atoms with van der Waals surface area (Å²) in [7, 11) is 0. The van der Waals surface area contributed by atoms with E-state index < -0.39 is 17.6 Å². The average Bonchev–Trinajstić information content (AvgIpc) is 2.37. The molecule has 0 saturated heterocycles. The quantitative estimate of drug-likeness (QED) is 0.800. The monoisotopic (exact) mass is 278 g/mol. The van der Waals surface area contributed by atoms with Gasteiger partial charge in [0.15, 0.2) is 17.5 Å². The van der Waals surface area contributed by atoms with E-state index in [2.05, 4.69) is 10.3 Å². The van der Waals surface area contributed by atoms with Crippen LogP contribution in [-0.2, 0) is 0 Å². The van der Waals surface area contributed by atoms with Gasteiger partial charge < -0.3 is 5.32 Å². The van der Waals surface area contributed by atoms with Gasteiger partial charge in [-0.25, -0.2) is 8.78 Å². The molecule has 0 aromatic carbocycles. The van der Waals surface area contributed by atoms with Gasteiger partial charge in [-0.15, -0.1) is 0 Å². The van der Waals surface area contributed by atoms with Crippen LogP contribution in [0.15, 0.2) is 6.07 Å². The van der Waals surface area contributed by atoms with Crippen LogP contribution < -0.4 is 5.32 Å². The van der Waals surface area contributed by atoms with E-state index in [9.17, 15) is 13.2 Å². The first kappa shape index (κ1) is 15.1. The molecular formula is C12H17F3N2S. The topological polar surface area (TPSA) is 24.9 Å². The normalized spacial score (nSPS) is 11.7. The third-order valence-electron chi connectivity index (χ3n) is 3.19. The number of nitrogens with one attached hydrogen (secondary N) is 1. The van der Waals surface area contributed by atoms with Gasteiger partial charge in [-0.1, -0.05) is 13.8 Å². The van der Waals surface area contributed by atoms with Crippen molar-refractivity contribution in [2.75, 3.05) is 18.1 Å². The van der Waals surface area contributed by atoms with Gasteiger partial charge in [-0.05, 0) is 19.1 Å². The number of hydrogen-bond donors (Lipinski definition) is 1. The summed E-state index contributed by atoms with van der Waals surface area (Å²) in [6, 6.07) is 0.503. The van der Waals surface area contributed by atoms with Crippen molar-refractivity contribution in [1.29, 1.82) is 0 Å². The van der Waals surface area contributed by atoms with Crippen LogP contribution in [0, 0.1) is 17.6 Å². The van der Waals surface area contributed by atoms with Crippen LogP contribution in [0.3, 0.4) is 0 Å². The first-order valence-corrected chi connectivity index (χ1v) is 7.01. The molecule has 0 atom stereocenters. The van der Waals surface area contributed by atoms with Crippen molar-refractivity contribution in [3.05, 3.63) is 23.6 Å². The van der Waals surface area contributed by atoms with E-state index in [1.54, 1.807) is 11.8 Å². The summed E-state index contributed by atoms with van der Waals surface area (Å²) in [5.74, 6) is -3.69. The number of aromatic nitrogens is 1. The standard InChI is InChI=1S/C12H17F3N2S/c1-4-12(5-2,18-3)7-16-11-9(14)6-8(13)10(15)17-11/h6H,4-5,7H2,1-3H3,(H,16,17). The Balaban J connectivity index is 2.83. The number of hydrogen-bond acceptors (Lipinski definition) is 3. The third kappa shape index (κ3) is 3.31. The van der Waals surface area contributed by atoms with Gasteiger partial charge in [0.05, 0.1) is 0 Å². The van der Waals surface area contributed by atoms with Gasteiger partial charge in [0.2, 0.25) is 0 Å². The second-order valence-corrected chi connectivity index (χ2v) is 5.31. The molecule has 102 valence electrons. The van der Waals surface area contributed by atoms with Gasteiger partial charge in [0.25, 0.3) is 5.95 Å². The molecule has 0 fully saturated rings. The number of pyridine rings is 1. The van der Waals surface area contributed by atoms with Gasteiger partial charge in [0.1, 0.15) is 0 Å². The smallest absolute Gasteiger partial charge is 0.251 e. The maximum Gasteiger partial charge on any atom is 0.251 e. The zero-order chi connectivity index (χ0) is 13.8. The molecule has 1 rings (SSSR count). The summed E-state index contributed by atoms with van der Waals surface area (Å²) >= 11 is 1.67. The number of halogens is 3. The molecule has 0 spiro atoms. The highest BCUT2D eigenvalue weighted by atomic mass is 32.2. The first-order valence-electron chi connectivity index (χ1n) is 5.78. The zero-order valence-electron chi connectivity index (χ0n) is 10.7. The van der Waals surface area contributed by atoms with Gasteiger partial charge >= 0.3 is 0 Å². The summed E-state index contributed by atoms with van der Waals surface area (Å²) in [6.07, 6.45) is 3.76. The Bertz CT molecular complexity index is 400. The lowest BCUT2D eigenvalue weighted by Gasteiger charge is -2.30. The van der Waals surface area contributed by atoms with Crippen LogP contribution in [0.25, 0.3) is 0 Å². The SMILES string of the molecule is CCC(CC)(CNc1nc(F)c(F)cc1F)SC. The summed E-state index contributed by atoms with van der Waals surface area (Å²) in [6.45, 7) is 4.53. The van der Waals surface area contributed by atoms with Crippen LogP contribution >= 0.6 is 11.8 Å². The van der Waals surface area contributed by atoms with Gasteiger partial charge in [-0.3, -0.25) is 0 Å². The largest absolute Gasteiger partial charge is 0.366 e. The maximum absolute atomic E-state index is 13.4. The minimum absolute atomic E-state index is 0.0566. The van der Waals surface area contributed by atoms with Crippen molar-refractivity contribution in [2.45, 2.75) is 31.4 Å². The average molecular weight is 278 g/mol. The minimum Gasteiger partial charge on any atom is -0.366 e. The second-order valence-electron chi connectivity index (χ2n) is 4.04. The Morgan fingerprint density at radius 1 is 1.22 bits per heavy atom. The molecule has 0 bridgehead atoms. The molecule has 6 heteroatoms. The summed E-state index contributed by atoms with van der Waals surface area (Å²) in [4.78, 5) is 3.24. The predicted molar refractivity (Wildman–Crippen MR) is 69.4 cm³/mol. The lowest BCUT2D eigenvalue weighted by atomic mass is 10.0. The molecule has 2 nitrogen and oxygen atoms in total. The van der Waals surface area contributed by atoms with Crippen LogP contribution in [-0.4, -0.2) is 22.5 Å². The number of anilines is 1. The molecule has 1 N–H and O–H groups in total. The molecular weight excluding hydrogens is 261 g/mol. The lowest BCUT2D eigenvalue weighted by molar-refractivity contribution is 0.465. The first-order chi connectivity index (χ1) is 8.48. The fraction of sp³-hybridized carbons (Fsp3) is 0.583. The molecule has 0 radical (unpaired) electrons. The van der Waals surface area contributed by atoms with E-state index in [0.29, 0.717) is 12.6 Å². The van der Waals surface area contributed by atoms with Gasteiger partial charge in [-0.2, -0.15) is 21.1 Å². The number of nitrogens with zero attached hydrogens (tertiary/aromatic N) is 1. The Morgan fingerprint density at radius 2 is 1.83 bits per heavy atom. The van der Waals surface area contributed by atoms with Crippen molar-refractivity contribution >= 4 is 17.6 Å². The summed E-state index contributed by atoms with van der Waals surface area (Å²) in [5, 5.41) is 2.76. The molecule has 1 aromatic rings. The molecule has 18 heavy (non-hydrogen) atoms. The molecule has 0 unspecified atom stereocenters. The summed E-state index contributed by atoms with van der Waals surface area (Å²) in [5.41, 5.74) is 0. The number of thioether (sulfide) groups is 1. The van der Waals surface area contributed by atoms with E-state index in [4.69, 9.17) is 0 Å². The molecule has 0 amide bonds. The summed E-state index contributed by atoms with van der Waals surface area (Å²) < 4.78 is 39.0. The van der Waals surface area contributed by atoms with Crippen molar-refractivity contribution in [1.82, 2.24) is 4.98 Å². The fourth-order valence-electron chi connectivity index (χ4n) is 1.67.